The number of primary amides is 1. The predicted octanol–water partition coefficient (Wildman–Crippen LogP) is 5.76. The molecule has 3 heterocycles. The molecule has 4 N–H and O–H groups in total. The molecule has 3 aromatic heterocycles. The van der Waals surface area contributed by atoms with Gasteiger partial charge in [0.15, 0.2) is 0 Å². The van der Waals surface area contributed by atoms with Crippen molar-refractivity contribution in [3.05, 3.63) is 95.9 Å². The number of hydrogen-bond donors (Lipinski definition) is 2. The Balaban J connectivity index is 1.70. The number of amides is 1. The smallest absolute Gasteiger partial charge is 0.384 e. The number of nitrogen functional groups attached to an aromatic ring is 1. The molecule has 5 aromatic rings. The van der Waals surface area contributed by atoms with Gasteiger partial charge in [-0.15, -0.1) is 0 Å². The van der Waals surface area contributed by atoms with E-state index in [1.165, 1.54) is 12.1 Å². The summed E-state index contributed by atoms with van der Waals surface area (Å²) in [7, 11) is 0. The molecule has 0 aliphatic heterocycles. The first-order chi connectivity index (χ1) is 17.1. The number of halogens is 3. The van der Waals surface area contributed by atoms with Gasteiger partial charge < -0.3 is 16.0 Å². The summed E-state index contributed by atoms with van der Waals surface area (Å²) in [5, 5.41) is 0.876. The summed E-state index contributed by atoms with van der Waals surface area (Å²) < 4.78 is 43.6. The number of aryl methyl sites for hydroxylation is 1. The largest absolute Gasteiger partial charge is 0.417 e. The molecule has 1 amide bonds. The molecule has 0 fully saturated rings. The highest BCUT2D eigenvalue weighted by Gasteiger charge is 2.35. The second kappa shape index (κ2) is 8.53. The fraction of sp³-hybridized carbons (Fsp3) is 0.0741. The maximum absolute atomic E-state index is 13.9. The van der Waals surface area contributed by atoms with Gasteiger partial charge in [0.1, 0.15) is 5.82 Å². The first-order valence-electron chi connectivity index (χ1n) is 10.9. The van der Waals surface area contributed by atoms with Crippen LogP contribution in [0.15, 0.2) is 79.3 Å². The SMILES string of the molecule is Cc1ccc(-c2c(C(N)=O)cccc2C(F)(F)F)cc1-c1cc2c(ccn2-c2ccnc(N)c2)cn1. The Morgan fingerprint density at radius 3 is 2.53 bits per heavy atom. The zero-order valence-electron chi connectivity index (χ0n) is 19.0. The summed E-state index contributed by atoms with van der Waals surface area (Å²) in [6.07, 6.45) is 0.528. The van der Waals surface area contributed by atoms with E-state index in [2.05, 4.69) is 9.97 Å². The van der Waals surface area contributed by atoms with Crippen molar-refractivity contribution in [2.75, 3.05) is 5.73 Å². The number of pyridine rings is 2. The van der Waals surface area contributed by atoms with E-state index in [0.29, 0.717) is 17.1 Å². The molecule has 0 saturated carbocycles. The Labute approximate surface area is 204 Å². The molecule has 0 aliphatic rings. The fourth-order valence-electron chi connectivity index (χ4n) is 4.34. The number of aromatic nitrogens is 3. The standard InChI is InChI=1S/C27H20F3N5O/c1-15-5-6-16(25-19(26(32)36)3-2-4-21(25)27(28,29)30)11-20(15)22-13-23-17(14-34-22)8-10-35(23)18-7-9-33-24(31)12-18/h2-14H,1H3,(H2,31,33)(H2,32,36). The van der Waals surface area contributed by atoms with E-state index in [9.17, 15) is 18.0 Å². The van der Waals surface area contributed by atoms with Gasteiger partial charge in [0, 0.05) is 46.7 Å². The molecule has 0 atom stereocenters. The highest BCUT2D eigenvalue weighted by molar-refractivity contribution is 6.01. The summed E-state index contributed by atoms with van der Waals surface area (Å²) in [6.45, 7) is 1.85. The summed E-state index contributed by atoms with van der Waals surface area (Å²) in [4.78, 5) is 20.6. The molecule has 0 spiro atoms. The van der Waals surface area contributed by atoms with E-state index < -0.39 is 17.6 Å². The molecule has 0 aliphatic carbocycles. The van der Waals surface area contributed by atoms with Gasteiger partial charge in [-0.1, -0.05) is 18.2 Å². The van der Waals surface area contributed by atoms with Crippen molar-refractivity contribution in [1.29, 1.82) is 0 Å². The third-order valence-corrected chi connectivity index (χ3v) is 6.05. The zero-order chi connectivity index (χ0) is 25.6. The number of nitrogens with zero attached hydrogens (tertiary/aromatic N) is 3. The summed E-state index contributed by atoms with van der Waals surface area (Å²) in [6, 6.07) is 15.6. The van der Waals surface area contributed by atoms with E-state index in [0.717, 1.165) is 28.2 Å². The fourth-order valence-corrected chi connectivity index (χ4v) is 4.34. The second-order valence-corrected chi connectivity index (χ2v) is 8.37. The molecule has 6 nitrogen and oxygen atoms in total. The van der Waals surface area contributed by atoms with Crippen LogP contribution in [-0.4, -0.2) is 20.4 Å². The average molecular weight is 487 g/mol. The second-order valence-electron chi connectivity index (χ2n) is 8.37. The van der Waals surface area contributed by atoms with Crippen molar-refractivity contribution in [3.63, 3.8) is 0 Å². The molecule has 0 bridgehead atoms. The lowest BCUT2D eigenvalue weighted by Crippen LogP contribution is -2.16. The van der Waals surface area contributed by atoms with Crippen LogP contribution < -0.4 is 11.5 Å². The molecular formula is C27H20F3N5O. The lowest BCUT2D eigenvalue weighted by Gasteiger charge is -2.17. The third-order valence-electron chi connectivity index (χ3n) is 6.05. The average Bonchev–Trinajstić information content (AvgIpc) is 3.26. The number of anilines is 1. The Bertz CT molecular complexity index is 1640. The number of nitrogens with two attached hydrogens (primary N) is 2. The minimum atomic E-state index is -4.67. The van der Waals surface area contributed by atoms with Gasteiger partial charge in [-0.2, -0.15) is 13.2 Å². The van der Waals surface area contributed by atoms with Gasteiger partial charge in [0.25, 0.3) is 0 Å². The quantitative estimate of drug-likeness (QED) is 0.336. The molecule has 5 rings (SSSR count). The number of fused-ring (bicyclic) bond motifs is 1. The number of alkyl halides is 3. The normalized spacial score (nSPS) is 11.7. The van der Waals surface area contributed by atoms with E-state index in [1.807, 2.05) is 35.9 Å². The van der Waals surface area contributed by atoms with E-state index in [4.69, 9.17) is 11.5 Å². The molecule has 9 heteroatoms. The maximum Gasteiger partial charge on any atom is 0.417 e. The lowest BCUT2D eigenvalue weighted by molar-refractivity contribution is -0.137. The molecule has 0 saturated heterocycles. The monoisotopic (exact) mass is 487 g/mol. The Morgan fingerprint density at radius 2 is 1.81 bits per heavy atom. The van der Waals surface area contributed by atoms with Crippen molar-refractivity contribution in [2.45, 2.75) is 13.1 Å². The highest BCUT2D eigenvalue weighted by Crippen LogP contribution is 2.40. The van der Waals surface area contributed by atoms with Gasteiger partial charge in [-0.25, -0.2) is 4.98 Å². The van der Waals surface area contributed by atoms with Crippen LogP contribution >= 0.6 is 0 Å². The van der Waals surface area contributed by atoms with Crippen LogP contribution in [0, 0.1) is 6.92 Å². The number of carbonyl (C=O) groups excluding carboxylic acids is 1. The molecular weight excluding hydrogens is 467 g/mol. The summed E-state index contributed by atoms with van der Waals surface area (Å²) in [5.41, 5.74) is 13.8. The first-order valence-corrected chi connectivity index (χ1v) is 10.9. The maximum atomic E-state index is 13.9. The third kappa shape index (κ3) is 4.04. The van der Waals surface area contributed by atoms with E-state index in [-0.39, 0.29) is 16.7 Å². The van der Waals surface area contributed by atoms with Crippen LogP contribution in [0.5, 0.6) is 0 Å². The minimum absolute atomic E-state index is 0.202. The molecule has 2 aromatic carbocycles. The van der Waals surface area contributed by atoms with Crippen molar-refractivity contribution >= 4 is 22.6 Å². The number of benzene rings is 2. The number of carbonyl (C=O) groups is 1. The predicted molar refractivity (Wildman–Crippen MR) is 132 cm³/mol. The van der Waals surface area contributed by atoms with E-state index >= 15 is 0 Å². The first kappa shape index (κ1) is 23.1. The van der Waals surface area contributed by atoms with Gasteiger partial charge in [0.05, 0.1) is 22.5 Å². The van der Waals surface area contributed by atoms with Crippen LogP contribution in [0.1, 0.15) is 21.5 Å². The minimum Gasteiger partial charge on any atom is -0.384 e. The van der Waals surface area contributed by atoms with Crippen LogP contribution in [0.4, 0.5) is 19.0 Å². The molecule has 36 heavy (non-hydrogen) atoms. The Morgan fingerprint density at radius 1 is 1.00 bits per heavy atom. The topological polar surface area (TPSA) is 99.8 Å². The van der Waals surface area contributed by atoms with Crippen LogP contribution in [0.3, 0.4) is 0 Å². The van der Waals surface area contributed by atoms with Crippen molar-refractivity contribution < 1.29 is 18.0 Å². The Kier molecular flexibility index (Phi) is 5.47. The summed E-state index contributed by atoms with van der Waals surface area (Å²) in [5.74, 6) is -0.562. The van der Waals surface area contributed by atoms with Gasteiger partial charge in [-0.3, -0.25) is 9.78 Å². The summed E-state index contributed by atoms with van der Waals surface area (Å²) >= 11 is 0. The molecule has 180 valence electrons. The Hall–Kier alpha value is -4.66. The van der Waals surface area contributed by atoms with Gasteiger partial charge >= 0.3 is 6.18 Å². The van der Waals surface area contributed by atoms with Gasteiger partial charge in [0.2, 0.25) is 5.91 Å². The van der Waals surface area contributed by atoms with Crippen LogP contribution in [-0.2, 0) is 6.18 Å². The molecule has 0 unspecified atom stereocenters. The zero-order valence-corrected chi connectivity index (χ0v) is 19.0. The number of hydrogen-bond acceptors (Lipinski definition) is 4. The van der Waals surface area contributed by atoms with Crippen molar-refractivity contribution in [3.8, 4) is 28.1 Å². The highest BCUT2D eigenvalue weighted by atomic mass is 19.4. The van der Waals surface area contributed by atoms with Crippen LogP contribution in [0.25, 0.3) is 39.0 Å². The van der Waals surface area contributed by atoms with E-state index in [1.54, 1.807) is 36.7 Å². The number of rotatable bonds is 4. The lowest BCUT2D eigenvalue weighted by atomic mass is 9.90. The van der Waals surface area contributed by atoms with Crippen LogP contribution in [0.2, 0.25) is 0 Å². The van der Waals surface area contributed by atoms with Crippen molar-refractivity contribution in [2.24, 2.45) is 5.73 Å². The van der Waals surface area contributed by atoms with Crippen molar-refractivity contribution in [1.82, 2.24) is 14.5 Å². The molecule has 0 radical (unpaired) electrons. The van der Waals surface area contributed by atoms with Gasteiger partial charge in [-0.05, 0) is 54.4 Å².